The van der Waals surface area contributed by atoms with Gasteiger partial charge in [-0.15, -0.1) is 0 Å². The van der Waals surface area contributed by atoms with Gasteiger partial charge in [0.15, 0.2) is 0 Å². The van der Waals surface area contributed by atoms with Crippen molar-refractivity contribution in [1.29, 1.82) is 0 Å². The molecule has 0 unspecified atom stereocenters. The fourth-order valence-electron chi connectivity index (χ4n) is 6.28. The van der Waals surface area contributed by atoms with E-state index in [2.05, 4.69) is 68.1 Å². The third-order valence-electron chi connectivity index (χ3n) is 8.58. The van der Waals surface area contributed by atoms with Crippen molar-refractivity contribution in [1.82, 2.24) is 4.98 Å². The van der Waals surface area contributed by atoms with Crippen LogP contribution in [0.15, 0.2) is 111 Å². The first-order chi connectivity index (χ1) is 20.5. The van der Waals surface area contributed by atoms with Crippen molar-refractivity contribution in [3.05, 3.63) is 101 Å². The molecule has 0 bridgehead atoms. The molecule has 8 rings (SSSR count). The van der Waals surface area contributed by atoms with Crippen LogP contribution in [0, 0.1) is 0 Å². The number of amidine groups is 2. The standard InChI is InChI=1S/C18H18N2.C17H15F2N3/c1-2-6-14-11-16(10-9-13(14)5-1)20-18-17-8-4-3-7-15(17)12-19-18;18-17(19)5-3-13-10-21-16(15(13)8-17)22-14-2-1-12-9-20-6-4-11(12)7-14/h1-2,5-6,9-11H,3-4,7-8,12H2,(H,19,20);1-2,4,6-7,9H,3,5,8,10H2,(H,21,22). The molecule has 4 aromatic rings. The van der Waals surface area contributed by atoms with E-state index in [-0.39, 0.29) is 12.8 Å². The number of hydrogen-bond donors (Lipinski definition) is 2. The van der Waals surface area contributed by atoms with Gasteiger partial charge in [0.25, 0.3) is 5.92 Å². The number of anilines is 2. The Labute approximate surface area is 244 Å². The minimum Gasteiger partial charge on any atom is -0.340 e. The van der Waals surface area contributed by atoms with Crippen LogP contribution in [0.2, 0.25) is 0 Å². The molecular formula is C35H33F2N5. The van der Waals surface area contributed by atoms with E-state index in [0.29, 0.717) is 24.4 Å². The van der Waals surface area contributed by atoms with Crippen LogP contribution < -0.4 is 10.6 Å². The summed E-state index contributed by atoms with van der Waals surface area (Å²) in [5.41, 5.74) is 6.79. The quantitative estimate of drug-likeness (QED) is 0.257. The lowest BCUT2D eigenvalue weighted by Crippen LogP contribution is -2.26. The summed E-state index contributed by atoms with van der Waals surface area (Å²) >= 11 is 0. The molecule has 2 aliphatic carbocycles. The van der Waals surface area contributed by atoms with Crippen molar-refractivity contribution < 1.29 is 8.78 Å². The summed E-state index contributed by atoms with van der Waals surface area (Å²) in [6, 6.07) is 22.8. The highest BCUT2D eigenvalue weighted by molar-refractivity contribution is 6.11. The summed E-state index contributed by atoms with van der Waals surface area (Å²) in [5, 5.41) is 11.4. The van der Waals surface area contributed by atoms with Crippen LogP contribution in [0.4, 0.5) is 20.2 Å². The maximum absolute atomic E-state index is 13.6. The molecule has 2 N–H and O–H groups in total. The topological polar surface area (TPSA) is 61.7 Å². The third-order valence-corrected chi connectivity index (χ3v) is 8.58. The molecule has 0 saturated carbocycles. The number of nitrogens with one attached hydrogen (secondary N) is 2. The molecule has 1 aromatic heterocycles. The second kappa shape index (κ2) is 11.1. The molecule has 4 aliphatic rings. The van der Waals surface area contributed by atoms with E-state index in [9.17, 15) is 8.78 Å². The number of hydrogen-bond acceptors (Lipinski definition) is 5. The Kier molecular flexibility index (Phi) is 7.02. The van der Waals surface area contributed by atoms with Gasteiger partial charge in [0.2, 0.25) is 0 Å². The van der Waals surface area contributed by atoms with Crippen molar-refractivity contribution >= 4 is 44.6 Å². The number of alkyl halides is 2. The summed E-state index contributed by atoms with van der Waals surface area (Å²) in [4.78, 5) is 13.2. The van der Waals surface area contributed by atoms with E-state index in [0.717, 1.165) is 40.1 Å². The number of fused-ring (bicyclic) bond motifs is 2. The summed E-state index contributed by atoms with van der Waals surface area (Å²) in [7, 11) is 0. The van der Waals surface area contributed by atoms with Gasteiger partial charge >= 0.3 is 0 Å². The number of halogens is 2. The highest BCUT2D eigenvalue weighted by atomic mass is 19.3. The Morgan fingerprint density at radius 3 is 2.07 bits per heavy atom. The van der Waals surface area contributed by atoms with Crippen molar-refractivity contribution in [2.24, 2.45) is 9.98 Å². The second-order valence-corrected chi connectivity index (χ2v) is 11.5. The van der Waals surface area contributed by atoms with Gasteiger partial charge in [-0.05, 0) is 95.3 Å². The number of nitrogens with zero attached hydrogens (tertiary/aromatic N) is 3. The van der Waals surface area contributed by atoms with Gasteiger partial charge in [0, 0.05) is 47.6 Å². The molecule has 7 heteroatoms. The number of rotatable bonds is 2. The first-order valence-corrected chi connectivity index (χ1v) is 14.8. The Bertz CT molecular complexity index is 1800. The van der Waals surface area contributed by atoms with Gasteiger partial charge in [-0.25, -0.2) is 8.78 Å². The van der Waals surface area contributed by atoms with Crippen LogP contribution >= 0.6 is 0 Å². The van der Waals surface area contributed by atoms with Gasteiger partial charge in [-0.3, -0.25) is 15.0 Å². The molecule has 0 saturated heterocycles. The molecular weight excluding hydrogens is 528 g/mol. The molecule has 5 nitrogen and oxygen atoms in total. The fourth-order valence-corrected chi connectivity index (χ4v) is 6.28. The zero-order chi connectivity index (χ0) is 28.5. The number of aliphatic imine (C=N–C) groups is 2. The zero-order valence-corrected chi connectivity index (χ0v) is 23.5. The Morgan fingerprint density at radius 2 is 1.29 bits per heavy atom. The maximum atomic E-state index is 13.6. The first kappa shape index (κ1) is 26.5. The second-order valence-electron chi connectivity index (χ2n) is 11.5. The minimum atomic E-state index is -2.61. The van der Waals surface area contributed by atoms with Crippen LogP contribution in [0.5, 0.6) is 0 Å². The number of benzene rings is 3. The van der Waals surface area contributed by atoms with Crippen LogP contribution in [0.1, 0.15) is 44.9 Å². The van der Waals surface area contributed by atoms with Crippen LogP contribution in [0.25, 0.3) is 21.5 Å². The molecule has 0 atom stereocenters. The summed E-state index contributed by atoms with van der Waals surface area (Å²) < 4.78 is 27.3. The number of aromatic nitrogens is 1. The van der Waals surface area contributed by atoms with Crippen molar-refractivity contribution in [2.45, 2.75) is 50.9 Å². The molecule has 212 valence electrons. The van der Waals surface area contributed by atoms with Gasteiger partial charge in [-0.1, -0.05) is 36.4 Å². The van der Waals surface area contributed by atoms with E-state index in [1.807, 2.05) is 24.3 Å². The van der Waals surface area contributed by atoms with E-state index in [1.54, 1.807) is 18.0 Å². The van der Waals surface area contributed by atoms with Crippen LogP contribution in [0.3, 0.4) is 0 Å². The lowest BCUT2D eigenvalue weighted by atomic mass is 9.90. The monoisotopic (exact) mass is 561 g/mol. The predicted octanol–water partition coefficient (Wildman–Crippen LogP) is 8.71. The normalized spacial score (nSPS) is 19.1. The van der Waals surface area contributed by atoms with Gasteiger partial charge in [0.05, 0.1) is 13.1 Å². The average Bonchev–Trinajstić information content (AvgIpc) is 3.60. The SMILES string of the molecule is FC1(F)CCC2=C(C1)C(Nc1ccc3cnccc3c1)=NC2.c1ccc2cc(NC3=NCC4=C3CCCC4)ccc2c1. The maximum Gasteiger partial charge on any atom is 0.252 e. The molecule has 0 radical (unpaired) electrons. The molecule has 0 amide bonds. The van der Waals surface area contributed by atoms with Gasteiger partial charge < -0.3 is 10.6 Å². The first-order valence-electron chi connectivity index (χ1n) is 14.8. The van der Waals surface area contributed by atoms with Crippen LogP contribution in [-0.2, 0) is 0 Å². The Balaban J connectivity index is 0.000000138. The van der Waals surface area contributed by atoms with E-state index >= 15 is 0 Å². The average molecular weight is 562 g/mol. The molecule has 42 heavy (non-hydrogen) atoms. The number of pyridine rings is 1. The molecule has 3 aromatic carbocycles. The smallest absolute Gasteiger partial charge is 0.252 e. The highest BCUT2D eigenvalue weighted by Gasteiger charge is 2.38. The molecule has 3 heterocycles. The highest BCUT2D eigenvalue weighted by Crippen LogP contribution is 2.40. The van der Waals surface area contributed by atoms with Gasteiger partial charge in [0.1, 0.15) is 11.7 Å². The lowest BCUT2D eigenvalue weighted by Gasteiger charge is -2.24. The fraction of sp³-hybridized carbons (Fsp3) is 0.286. The Morgan fingerprint density at radius 1 is 0.643 bits per heavy atom. The minimum absolute atomic E-state index is 0.0579. The van der Waals surface area contributed by atoms with Crippen molar-refractivity contribution in [2.75, 3.05) is 23.7 Å². The largest absolute Gasteiger partial charge is 0.340 e. The predicted molar refractivity (Wildman–Crippen MR) is 169 cm³/mol. The zero-order valence-electron chi connectivity index (χ0n) is 23.5. The van der Waals surface area contributed by atoms with Gasteiger partial charge in [-0.2, -0.15) is 0 Å². The van der Waals surface area contributed by atoms with Crippen molar-refractivity contribution in [3.63, 3.8) is 0 Å². The lowest BCUT2D eigenvalue weighted by molar-refractivity contribution is -0.0102. The summed E-state index contributed by atoms with van der Waals surface area (Å²) in [5.74, 6) is -0.904. The summed E-state index contributed by atoms with van der Waals surface area (Å²) in [6.07, 6.45) is 8.78. The molecule has 2 aliphatic heterocycles. The molecule has 0 fully saturated rings. The van der Waals surface area contributed by atoms with Crippen LogP contribution in [-0.4, -0.2) is 35.7 Å². The Hall–Kier alpha value is -4.39. The van der Waals surface area contributed by atoms with E-state index < -0.39 is 5.92 Å². The molecule has 0 spiro atoms. The third kappa shape index (κ3) is 5.56. The van der Waals surface area contributed by atoms with Crippen molar-refractivity contribution in [3.8, 4) is 0 Å². The van der Waals surface area contributed by atoms with E-state index in [4.69, 9.17) is 0 Å². The van der Waals surface area contributed by atoms with E-state index in [1.165, 1.54) is 42.0 Å². The summed E-state index contributed by atoms with van der Waals surface area (Å²) in [6.45, 7) is 1.45.